The van der Waals surface area contributed by atoms with Gasteiger partial charge in [0.05, 0.1) is 0 Å². The van der Waals surface area contributed by atoms with Crippen LogP contribution in [0, 0.1) is 0 Å². The molecule has 0 aromatic carbocycles. The van der Waals surface area contributed by atoms with Gasteiger partial charge in [0.1, 0.15) is 5.69 Å². The molecule has 0 fully saturated rings. The summed E-state index contributed by atoms with van der Waals surface area (Å²) in [6, 6.07) is 5.26. The molecule has 4 nitrogen and oxygen atoms in total. The number of carbonyl (C=O) groups is 1. The molecule has 0 bridgehead atoms. The van der Waals surface area contributed by atoms with Crippen molar-refractivity contribution in [2.24, 2.45) is 5.10 Å². The van der Waals surface area contributed by atoms with Crippen LogP contribution in [0.3, 0.4) is 0 Å². The van der Waals surface area contributed by atoms with Crippen molar-refractivity contribution in [1.29, 1.82) is 0 Å². The number of hydrogen-bond acceptors (Lipinski definition) is 3. The third kappa shape index (κ3) is 14.4. The van der Waals surface area contributed by atoms with E-state index >= 15 is 0 Å². The van der Waals surface area contributed by atoms with E-state index in [4.69, 9.17) is 0 Å². The summed E-state index contributed by atoms with van der Waals surface area (Å²) in [6.45, 7) is 2.28. The second-order valence-corrected chi connectivity index (χ2v) is 7.71. The Balaban J connectivity index is 1.79. The van der Waals surface area contributed by atoms with Gasteiger partial charge in [0.2, 0.25) is 0 Å². The normalized spacial score (nSPS) is 11.2. The van der Waals surface area contributed by atoms with Gasteiger partial charge in [0.25, 0.3) is 5.91 Å². The summed E-state index contributed by atoms with van der Waals surface area (Å²) >= 11 is 0. The largest absolute Gasteiger partial charge is 0.289 e. The fourth-order valence-electron chi connectivity index (χ4n) is 3.33. The number of rotatable bonds is 18. The molecule has 4 heteroatoms. The highest BCUT2D eigenvalue weighted by molar-refractivity contribution is 5.92. The zero-order valence-electron chi connectivity index (χ0n) is 18.0. The molecule has 0 unspecified atom stereocenters. The minimum atomic E-state index is -0.256. The fourth-order valence-corrected chi connectivity index (χ4v) is 3.33. The van der Waals surface area contributed by atoms with Crippen molar-refractivity contribution in [3.05, 3.63) is 30.1 Å². The number of aromatic nitrogens is 1. The van der Waals surface area contributed by atoms with E-state index in [2.05, 4.69) is 22.4 Å². The summed E-state index contributed by atoms with van der Waals surface area (Å²) in [4.78, 5) is 15.7. The average molecular weight is 388 g/mol. The van der Waals surface area contributed by atoms with Gasteiger partial charge in [-0.05, 0) is 25.0 Å². The van der Waals surface area contributed by atoms with Gasteiger partial charge in [-0.3, -0.25) is 9.78 Å². The first kappa shape index (κ1) is 24.3. The lowest BCUT2D eigenvalue weighted by Gasteiger charge is -2.03. The highest BCUT2D eigenvalue weighted by Crippen LogP contribution is 2.13. The molecule has 0 aliphatic rings. The van der Waals surface area contributed by atoms with Crippen LogP contribution in [-0.2, 0) is 0 Å². The number of nitrogens with one attached hydrogen (secondary N) is 1. The summed E-state index contributed by atoms with van der Waals surface area (Å²) in [5.41, 5.74) is 2.91. The van der Waals surface area contributed by atoms with Gasteiger partial charge < -0.3 is 0 Å². The Kier molecular flexibility index (Phi) is 16.2. The molecule has 0 saturated carbocycles. The SMILES string of the molecule is CCCCCCCCCCCCCCCCC/C=N/NC(=O)c1ccccn1. The Morgan fingerprint density at radius 3 is 1.89 bits per heavy atom. The molecule has 1 rings (SSSR count). The molecule has 0 saturated heterocycles. The van der Waals surface area contributed by atoms with Gasteiger partial charge in [0, 0.05) is 12.4 Å². The number of carbonyl (C=O) groups excluding carboxylic acids is 1. The van der Waals surface area contributed by atoms with Crippen LogP contribution in [0.4, 0.5) is 0 Å². The summed E-state index contributed by atoms with van der Waals surface area (Å²) in [7, 11) is 0. The number of nitrogens with zero attached hydrogens (tertiary/aromatic N) is 2. The smallest absolute Gasteiger partial charge is 0.266 e. The summed E-state index contributed by atoms with van der Waals surface area (Å²) in [6.07, 6.45) is 24.9. The Morgan fingerprint density at radius 2 is 1.39 bits per heavy atom. The number of pyridine rings is 1. The van der Waals surface area contributed by atoms with E-state index in [-0.39, 0.29) is 5.91 Å². The van der Waals surface area contributed by atoms with Crippen molar-refractivity contribution >= 4 is 12.1 Å². The monoisotopic (exact) mass is 387 g/mol. The molecule has 1 aromatic heterocycles. The van der Waals surface area contributed by atoms with Crippen LogP contribution in [-0.4, -0.2) is 17.1 Å². The topological polar surface area (TPSA) is 54.4 Å². The van der Waals surface area contributed by atoms with Gasteiger partial charge in [-0.2, -0.15) is 5.10 Å². The number of unbranched alkanes of at least 4 members (excludes halogenated alkanes) is 15. The van der Waals surface area contributed by atoms with E-state index in [0.29, 0.717) is 5.69 Å². The van der Waals surface area contributed by atoms with Gasteiger partial charge in [-0.25, -0.2) is 5.43 Å². The van der Waals surface area contributed by atoms with Crippen molar-refractivity contribution in [1.82, 2.24) is 10.4 Å². The lowest BCUT2D eigenvalue weighted by atomic mass is 10.0. The molecule has 0 radical (unpaired) electrons. The first-order valence-corrected chi connectivity index (χ1v) is 11.6. The van der Waals surface area contributed by atoms with E-state index in [1.165, 1.54) is 89.9 Å². The fraction of sp³-hybridized carbons (Fsp3) is 0.708. The Hall–Kier alpha value is -1.71. The van der Waals surface area contributed by atoms with E-state index < -0.39 is 0 Å². The van der Waals surface area contributed by atoms with Crippen molar-refractivity contribution in [3.8, 4) is 0 Å². The molecule has 28 heavy (non-hydrogen) atoms. The standard InChI is InChI=1S/C24H41N3O/c1-2-3-4-5-6-7-8-9-10-11-12-13-14-15-16-18-22-26-27-24(28)23-20-17-19-21-25-23/h17,19-22H,2-16,18H2,1H3,(H,27,28)/b26-22+. The van der Waals surface area contributed by atoms with Gasteiger partial charge in [-0.1, -0.05) is 103 Å². The second-order valence-electron chi connectivity index (χ2n) is 7.71. The third-order valence-electron chi connectivity index (χ3n) is 5.09. The molecule has 0 spiro atoms. The lowest BCUT2D eigenvalue weighted by molar-refractivity contribution is 0.0950. The van der Waals surface area contributed by atoms with Gasteiger partial charge in [-0.15, -0.1) is 0 Å². The molecule has 0 atom stereocenters. The minimum Gasteiger partial charge on any atom is -0.266 e. The molecule has 0 aliphatic heterocycles. The molecule has 1 N–H and O–H groups in total. The number of amides is 1. The van der Waals surface area contributed by atoms with Gasteiger partial charge in [0.15, 0.2) is 0 Å². The predicted molar refractivity (Wildman–Crippen MR) is 120 cm³/mol. The molecule has 1 aromatic rings. The lowest BCUT2D eigenvalue weighted by Crippen LogP contribution is -2.18. The van der Waals surface area contributed by atoms with Crippen LogP contribution in [0.15, 0.2) is 29.5 Å². The Morgan fingerprint density at radius 1 is 0.857 bits per heavy atom. The van der Waals surface area contributed by atoms with Crippen molar-refractivity contribution in [2.45, 2.75) is 110 Å². The van der Waals surface area contributed by atoms with Crippen LogP contribution in [0.5, 0.6) is 0 Å². The number of hydrogen-bond donors (Lipinski definition) is 1. The van der Waals surface area contributed by atoms with Crippen LogP contribution in [0.25, 0.3) is 0 Å². The molecule has 1 heterocycles. The van der Waals surface area contributed by atoms with Crippen LogP contribution in [0.1, 0.15) is 120 Å². The minimum absolute atomic E-state index is 0.256. The van der Waals surface area contributed by atoms with Crippen LogP contribution < -0.4 is 5.43 Å². The number of hydrazone groups is 1. The first-order valence-electron chi connectivity index (χ1n) is 11.6. The van der Waals surface area contributed by atoms with Gasteiger partial charge >= 0.3 is 0 Å². The summed E-state index contributed by atoms with van der Waals surface area (Å²) in [5.74, 6) is -0.256. The molecule has 158 valence electrons. The van der Waals surface area contributed by atoms with E-state index in [0.717, 1.165) is 12.8 Å². The summed E-state index contributed by atoms with van der Waals surface area (Å²) in [5, 5.41) is 3.99. The Labute approximate surface area is 172 Å². The molecular weight excluding hydrogens is 346 g/mol. The summed E-state index contributed by atoms with van der Waals surface area (Å²) < 4.78 is 0. The van der Waals surface area contributed by atoms with Crippen molar-refractivity contribution < 1.29 is 4.79 Å². The van der Waals surface area contributed by atoms with Crippen LogP contribution in [0.2, 0.25) is 0 Å². The molecule has 1 amide bonds. The predicted octanol–water partition coefficient (Wildman–Crippen LogP) is 7.06. The maximum atomic E-state index is 11.7. The van der Waals surface area contributed by atoms with E-state index in [1.54, 1.807) is 30.6 Å². The molecular formula is C24H41N3O. The highest BCUT2D eigenvalue weighted by Gasteiger charge is 2.03. The molecule has 0 aliphatic carbocycles. The zero-order chi connectivity index (χ0) is 20.1. The third-order valence-corrected chi connectivity index (χ3v) is 5.09. The van der Waals surface area contributed by atoms with Crippen molar-refractivity contribution in [3.63, 3.8) is 0 Å². The average Bonchev–Trinajstić information content (AvgIpc) is 2.73. The van der Waals surface area contributed by atoms with Crippen molar-refractivity contribution in [2.75, 3.05) is 0 Å². The van der Waals surface area contributed by atoms with E-state index in [1.807, 2.05) is 0 Å². The maximum absolute atomic E-state index is 11.7. The zero-order valence-corrected chi connectivity index (χ0v) is 18.0. The van der Waals surface area contributed by atoms with E-state index in [9.17, 15) is 4.79 Å². The van der Waals surface area contributed by atoms with Crippen LogP contribution >= 0.6 is 0 Å². The quantitative estimate of drug-likeness (QED) is 0.166. The maximum Gasteiger partial charge on any atom is 0.289 e. The first-order chi connectivity index (χ1) is 13.8. The highest BCUT2D eigenvalue weighted by atomic mass is 16.2. The second kappa shape index (κ2) is 18.6. The Bertz CT molecular complexity index is 502.